The molecule has 1 saturated carbocycles. The van der Waals surface area contributed by atoms with Crippen LogP contribution in [-0.4, -0.2) is 38.5 Å². The fourth-order valence-corrected chi connectivity index (χ4v) is 3.36. The van der Waals surface area contributed by atoms with E-state index in [1.807, 2.05) is 0 Å². The van der Waals surface area contributed by atoms with Gasteiger partial charge in [-0.2, -0.15) is 9.61 Å². The lowest BCUT2D eigenvalue weighted by molar-refractivity contribution is -0.115. The number of halogens is 2. The minimum absolute atomic E-state index is 0.0406. The number of anilines is 2. The van der Waals surface area contributed by atoms with Crippen molar-refractivity contribution in [1.82, 2.24) is 25.2 Å². The van der Waals surface area contributed by atoms with Crippen molar-refractivity contribution >= 4 is 52.8 Å². The minimum atomic E-state index is -0.832. The first-order valence-corrected chi connectivity index (χ1v) is 10.0. The van der Waals surface area contributed by atoms with Gasteiger partial charge in [0.15, 0.2) is 11.5 Å². The van der Waals surface area contributed by atoms with Crippen LogP contribution in [0.2, 0.25) is 5.02 Å². The second-order valence-electron chi connectivity index (χ2n) is 7.30. The van der Waals surface area contributed by atoms with E-state index in [0.29, 0.717) is 17.0 Å². The number of carbonyl (C=O) groups excluding carboxylic acids is 3. The Kier molecular flexibility index (Phi) is 4.74. The molecule has 0 spiro atoms. The summed E-state index contributed by atoms with van der Waals surface area (Å²) in [6.45, 7) is 0. The first-order valence-electron chi connectivity index (χ1n) is 9.64. The Morgan fingerprint density at radius 3 is 2.81 bits per heavy atom. The fraction of sp³-hybridized carbons (Fsp3) is 0.150. The van der Waals surface area contributed by atoms with Crippen molar-refractivity contribution in [3.8, 4) is 0 Å². The maximum absolute atomic E-state index is 14.3. The molecule has 10 nitrogen and oxygen atoms in total. The van der Waals surface area contributed by atoms with Crippen LogP contribution in [0.3, 0.4) is 0 Å². The third kappa shape index (κ3) is 3.73. The molecule has 1 aliphatic carbocycles. The molecule has 3 heterocycles. The highest BCUT2D eigenvalue weighted by atomic mass is 35.5. The lowest BCUT2D eigenvalue weighted by atomic mass is 10.2. The highest BCUT2D eigenvalue weighted by molar-refractivity contribution is 6.31. The van der Waals surface area contributed by atoms with Crippen LogP contribution in [0.1, 0.15) is 28.8 Å². The van der Waals surface area contributed by atoms with Crippen LogP contribution < -0.4 is 21.3 Å². The summed E-state index contributed by atoms with van der Waals surface area (Å²) >= 11 is 5.78. The van der Waals surface area contributed by atoms with E-state index >= 15 is 0 Å². The number of aromatic nitrogens is 3. The topological polar surface area (TPSA) is 130 Å². The van der Waals surface area contributed by atoms with E-state index in [9.17, 15) is 18.8 Å². The molecule has 2 aromatic heterocycles. The van der Waals surface area contributed by atoms with Crippen LogP contribution in [-0.2, 0) is 4.79 Å². The van der Waals surface area contributed by atoms with Gasteiger partial charge in [-0.25, -0.2) is 14.2 Å². The van der Waals surface area contributed by atoms with Gasteiger partial charge in [-0.3, -0.25) is 14.9 Å². The summed E-state index contributed by atoms with van der Waals surface area (Å²) in [5.74, 6) is -1.43. The summed E-state index contributed by atoms with van der Waals surface area (Å²) in [7, 11) is 0. The number of rotatable bonds is 5. The number of fused-ring (bicyclic) bond motifs is 1. The zero-order valence-corrected chi connectivity index (χ0v) is 17.0. The molecule has 2 fully saturated rings. The largest absolute Gasteiger partial charge is 0.367 e. The summed E-state index contributed by atoms with van der Waals surface area (Å²) in [6, 6.07) is 5.35. The van der Waals surface area contributed by atoms with Crippen LogP contribution in [0.5, 0.6) is 0 Å². The molecule has 5 rings (SSSR count). The van der Waals surface area contributed by atoms with Gasteiger partial charge in [0.05, 0.1) is 16.8 Å². The molecule has 0 radical (unpaired) electrons. The van der Waals surface area contributed by atoms with E-state index in [1.165, 1.54) is 35.0 Å². The second-order valence-corrected chi connectivity index (χ2v) is 7.71. The first-order chi connectivity index (χ1) is 15.4. The van der Waals surface area contributed by atoms with Gasteiger partial charge < -0.3 is 16.0 Å². The zero-order chi connectivity index (χ0) is 22.4. The van der Waals surface area contributed by atoms with Crippen LogP contribution >= 0.6 is 11.6 Å². The lowest BCUT2D eigenvalue weighted by Crippen LogP contribution is -2.22. The number of amides is 4. The minimum Gasteiger partial charge on any atom is -0.367 e. The van der Waals surface area contributed by atoms with Gasteiger partial charge in [-0.15, -0.1) is 0 Å². The smallest absolute Gasteiger partial charge is 0.326 e. The van der Waals surface area contributed by atoms with Crippen molar-refractivity contribution in [1.29, 1.82) is 0 Å². The molecule has 4 N–H and O–H groups in total. The van der Waals surface area contributed by atoms with Crippen molar-refractivity contribution in [2.75, 3.05) is 10.6 Å². The van der Waals surface area contributed by atoms with Gasteiger partial charge in [0.25, 0.3) is 11.8 Å². The summed E-state index contributed by atoms with van der Waals surface area (Å²) in [6.07, 6.45) is 4.89. The quantitative estimate of drug-likeness (QED) is 0.345. The number of hydrogen-bond acceptors (Lipinski definition) is 6. The molecule has 0 unspecified atom stereocenters. The van der Waals surface area contributed by atoms with Crippen LogP contribution in [0, 0.1) is 5.82 Å². The molecule has 12 heteroatoms. The Labute approximate surface area is 184 Å². The maximum Gasteiger partial charge on any atom is 0.326 e. The van der Waals surface area contributed by atoms with Gasteiger partial charge in [0.1, 0.15) is 17.3 Å². The number of hydrogen-bond donors (Lipinski definition) is 4. The Balaban J connectivity index is 1.54. The third-order valence-corrected chi connectivity index (χ3v) is 5.18. The van der Waals surface area contributed by atoms with E-state index < -0.39 is 23.7 Å². The predicted molar refractivity (Wildman–Crippen MR) is 114 cm³/mol. The van der Waals surface area contributed by atoms with Gasteiger partial charge in [0, 0.05) is 17.7 Å². The molecule has 162 valence electrons. The zero-order valence-electron chi connectivity index (χ0n) is 16.3. The van der Waals surface area contributed by atoms with Gasteiger partial charge in [-0.1, -0.05) is 17.7 Å². The van der Waals surface area contributed by atoms with E-state index in [-0.39, 0.29) is 28.1 Å². The normalized spacial score (nSPS) is 16.9. The number of nitrogens with zero attached hydrogens (tertiary/aromatic N) is 3. The number of benzene rings is 1. The highest BCUT2D eigenvalue weighted by Gasteiger charge is 2.26. The van der Waals surface area contributed by atoms with Gasteiger partial charge >= 0.3 is 6.03 Å². The molecule has 4 amide bonds. The Bertz CT molecular complexity index is 1330. The third-order valence-electron chi connectivity index (χ3n) is 4.89. The van der Waals surface area contributed by atoms with E-state index in [0.717, 1.165) is 12.8 Å². The summed E-state index contributed by atoms with van der Waals surface area (Å²) in [5.41, 5.74) is 0.566. The highest BCUT2D eigenvalue weighted by Crippen LogP contribution is 2.28. The van der Waals surface area contributed by atoms with Gasteiger partial charge in [-0.05, 0) is 31.1 Å². The van der Waals surface area contributed by atoms with Crippen LogP contribution in [0.15, 0.2) is 36.2 Å². The summed E-state index contributed by atoms with van der Waals surface area (Å²) in [5, 5.41) is 14.5. The van der Waals surface area contributed by atoms with Crippen LogP contribution in [0.4, 0.5) is 20.8 Å². The maximum atomic E-state index is 14.3. The Morgan fingerprint density at radius 1 is 1.28 bits per heavy atom. The van der Waals surface area contributed by atoms with Gasteiger partial charge in [0.2, 0.25) is 0 Å². The molecule has 1 saturated heterocycles. The fourth-order valence-electron chi connectivity index (χ4n) is 3.19. The molecule has 3 aromatic rings. The average Bonchev–Trinajstić information content (AvgIpc) is 3.38. The number of urea groups is 1. The molecular formula is C20H15ClFN7O3. The molecule has 2 aliphatic rings. The molecule has 0 bridgehead atoms. The van der Waals surface area contributed by atoms with Crippen molar-refractivity contribution < 1.29 is 18.8 Å². The molecule has 1 aliphatic heterocycles. The second kappa shape index (κ2) is 7.61. The van der Waals surface area contributed by atoms with Crippen molar-refractivity contribution in [3.05, 3.63) is 58.1 Å². The number of carbonyl (C=O) groups is 3. The summed E-state index contributed by atoms with van der Waals surface area (Å²) in [4.78, 5) is 40.3. The molecule has 1 aromatic carbocycles. The van der Waals surface area contributed by atoms with Crippen LogP contribution in [0.25, 0.3) is 11.7 Å². The van der Waals surface area contributed by atoms with E-state index in [1.54, 1.807) is 6.07 Å². The van der Waals surface area contributed by atoms with E-state index in [4.69, 9.17) is 11.6 Å². The predicted octanol–water partition coefficient (Wildman–Crippen LogP) is 2.53. The molecular weight excluding hydrogens is 441 g/mol. The number of nitrogens with one attached hydrogen (secondary N) is 4. The standard InChI is InChI=1S/C20H15ClFN7O3/c21-12-3-1-2-11(16(12)22)18(30)27-14-7-15(24-10-4-5-10)29-17(26-14)9(8-23-29)6-13-19(31)28-20(32)25-13/h1-3,6-8,10,24H,4-5H2,(H,26,27,30)(H2,25,28,31,32)/b13-6-. The van der Waals surface area contributed by atoms with Crippen molar-refractivity contribution in [2.24, 2.45) is 0 Å². The monoisotopic (exact) mass is 455 g/mol. The molecule has 32 heavy (non-hydrogen) atoms. The Morgan fingerprint density at radius 2 is 2.09 bits per heavy atom. The van der Waals surface area contributed by atoms with Crippen molar-refractivity contribution in [3.63, 3.8) is 0 Å². The number of imide groups is 1. The van der Waals surface area contributed by atoms with E-state index in [2.05, 4.69) is 31.3 Å². The lowest BCUT2D eigenvalue weighted by Gasteiger charge is -2.11. The molecule has 0 atom stereocenters. The first kappa shape index (κ1) is 19.9. The summed E-state index contributed by atoms with van der Waals surface area (Å²) < 4.78 is 15.8. The SMILES string of the molecule is O=C1NC(=O)/C(=C/c2cnn3c(NC4CC4)cc(NC(=O)c4cccc(Cl)c4F)nc23)N1. The average molecular weight is 456 g/mol. The van der Waals surface area contributed by atoms with Crippen molar-refractivity contribution in [2.45, 2.75) is 18.9 Å². The Hall–Kier alpha value is -3.99.